The molecule has 2 N–H and O–H groups in total. The highest BCUT2D eigenvalue weighted by atomic mass is 16.6. The molecule has 10 nitrogen and oxygen atoms in total. The van der Waals surface area contributed by atoms with Gasteiger partial charge in [0, 0.05) is 24.6 Å². The number of nitrogens with one attached hydrogen (secondary N) is 2. The van der Waals surface area contributed by atoms with Gasteiger partial charge >= 0.3 is 0 Å². The van der Waals surface area contributed by atoms with E-state index >= 15 is 0 Å². The lowest BCUT2D eigenvalue weighted by molar-refractivity contribution is -0.384. The third-order valence-corrected chi connectivity index (χ3v) is 4.67. The Bertz CT molecular complexity index is 977. The summed E-state index contributed by atoms with van der Waals surface area (Å²) in [7, 11) is 1.54. The highest BCUT2D eigenvalue weighted by Gasteiger charge is 2.22. The van der Waals surface area contributed by atoms with Crippen molar-refractivity contribution in [1.82, 2.24) is 5.32 Å². The molecule has 184 valence electrons. The maximum absolute atomic E-state index is 12.4. The molecule has 2 aromatic carbocycles. The van der Waals surface area contributed by atoms with Gasteiger partial charge in [0.2, 0.25) is 5.91 Å². The van der Waals surface area contributed by atoms with Crippen LogP contribution in [0.3, 0.4) is 0 Å². The van der Waals surface area contributed by atoms with E-state index in [9.17, 15) is 19.7 Å². The molecule has 2 amide bonds. The summed E-state index contributed by atoms with van der Waals surface area (Å²) < 4.78 is 16.3. The Hall–Kier alpha value is -3.82. The molecule has 0 saturated heterocycles. The first-order chi connectivity index (χ1) is 16.4. The first-order valence-corrected chi connectivity index (χ1v) is 11.2. The molecule has 0 aromatic heterocycles. The molecule has 0 radical (unpaired) electrons. The molecule has 0 spiro atoms. The van der Waals surface area contributed by atoms with Crippen molar-refractivity contribution in [3.63, 3.8) is 0 Å². The zero-order valence-electron chi connectivity index (χ0n) is 19.7. The van der Waals surface area contributed by atoms with Gasteiger partial charge in [0.15, 0.2) is 11.5 Å². The molecule has 0 aliphatic heterocycles. The molecule has 34 heavy (non-hydrogen) atoms. The molecule has 0 atom stereocenters. The van der Waals surface area contributed by atoms with Gasteiger partial charge in [-0.1, -0.05) is 13.8 Å². The highest BCUT2D eigenvalue weighted by molar-refractivity contribution is 5.95. The molecular formula is C24H31N3O7. The molecule has 0 heterocycles. The molecule has 2 aromatic rings. The van der Waals surface area contributed by atoms with Crippen LogP contribution in [0.1, 0.15) is 49.9 Å². The molecule has 0 fully saturated rings. The Morgan fingerprint density at radius 2 is 1.62 bits per heavy atom. The summed E-state index contributed by atoms with van der Waals surface area (Å²) in [4.78, 5) is 35.6. The second-order valence-electron chi connectivity index (χ2n) is 7.41. The van der Waals surface area contributed by atoms with Crippen molar-refractivity contribution in [3.8, 4) is 17.2 Å². The smallest absolute Gasteiger partial charge is 0.296 e. The van der Waals surface area contributed by atoms with Crippen LogP contribution in [0.5, 0.6) is 17.2 Å². The first kappa shape index (κ1) is 26.4. The number of nitro benzene ring substituents is 1. The summed E-state index contributed by atoms with van der Waals surface area (Å²) in [5.41, 5.74) is 0.231. The Labute approximate surface area is 198 Å². The normalized spacial score (nSPS) is 10.3. The summed E-state index contributed by atoms with van der Waals surface area (Å²) in [6.45, 7) is 4.92. The first-order valence-electron chi connectivity index (χ1n) is 11.2. The number of amides is 2. The lowest BCUT2D eigenvalue weighted by Crippen LogP contribution is -2.25. The van der Waals surface area contributed by atoms with E-state index in [2.05, 4.69) is 10.6 Å². The minimum atomic E-state index is -0.576. The predicted octanol–water partition coefficient (Wildman–Crippen LogP) is 4.33. The molecule has 2 rings (SSSR count). The van der Waals surface area contributed by atoms with E-state index in [1.165, 1.54) is 12.1 Å². The van der Waals surface area contributed by atoms with Crippen molar-refractivity contribution in [1.29, 1.82) is 0 Å². The number of carbonyl (C=O) groups is 2. The number of nitro groups is 1. The van der Waals surface area contributed by atoms with E-state index in [4.69, 9.17) is 14.2 Å². The van der Waals surface area contributed by atoms with Crippen LogP contribution in [-0.2, 0) is 4.79 Å². The average Bonchev–Trinajstić information content (AvgIpc) is 2.84. The molecule has 0 aliphatic rings. The van der Waals surface area contributed by atoms with Gasteiger partial charge in [-0.15, -0.1) is 0 Å². The fourth-order valence-electron chi connectivity index (χ4n) is 2.96. The van der Waals surface area contributed by atoms with Gasteiger partial charge < -0.3 is 24.8 Å². The third-order valence-electron chi connectivity index (χ3n) is 4.67. The van der Waals surface area contributed by atoms with Crippen LogP contribution in [0, 0.1) is 10.1 Å². The fourth-order valence-corrected chi connectivity index (χ4v) is 2.96. The highest BCUT2D eigenvalue weighted by Crippen LogP contribution is 2.38. The monoisotopic (exact) mass is 473 g/mol. The third kappa shape index (κ3) is 7.95. The zero-order valence-corrected chi connectivity index (χ0v) is 19.7. The number of benzene rings is 2. The lowest BCUT2D eigenvalue weighted by atomic mass is 10.2. The number of hydrogen-bond acceptors (Lipinski definition) is 7. The Balaban J connectivity index is 1.97. The van der Waals surface area contributed by atoms with E-state index in [0.717, 1.165) is 12.8 Å². The Morgan fingerprint density at radius 3 is 2.18 bits per heavy atom. The molecule has 0 bridgehead atoms. The number of nitrogens with zero attached hydrogens (tertiary/aromatic N) is 1. The van der Waals surface area contributed by atoms with E-state index in [0.29, 0.717) is 36.7 Å². The van der Waals surface area contributed by atoms with Gasteiger partial charge in [-0.3, -0.25) is 19.7 Å². The number of methoxy groups -OCH3 is 1. The lowest BCUT2D eigenvalue weighted by Gasteiger charge is -2.14. The van der Waals surface area contributed by atoms with Crippen LogP contribution >= 0.6 is 0 Å². The van der Waals surface area contributed by atoms with E-state index in [-0.39, 0.29) is 36.0 Å². The number of carbonyl (C=O) groups excluding carboxylic acids is 2. The maximum Gasteiger partial charge on any atom is 0.296 e. The summed E-state index contributed by atoms with van der Waals surface area (Å²) in [5.74, 6) is 0.573. The Morgan fingerprint density at radius 1 is 1.00 bits per heavy atom. The van der Waals surface area contributed by atoms with E-state index in [1.54, 1.807) is 31.4 Å². The zero-order chi connectivity index (χ0) is 24.9. The fraction of sp³-hybridized carbons (Fsp3) is 0.417. The van der Waals surface area contributed by atoms with E-state index < -0.39 is 10.8 Å². The summed E-state index contributed by atoms with van der Waals surface area (Å²) in [6.07, 6.45) is 1.90. The van der Waals surface area contributed by atoms with Crippen molar-refractivity contribution >= 4 is 23.2 Å². The van der Waals surface area contributed by atoms with Crippen molar-refractivity contribution < 1.29 is 28.7 Å². The van der Waals surface area contributed by atoms with Gasteiger partial charge in [-0.25, -0.2) is 0 Å². The summed E-state index contributed by atoms with van der Waals surface area (Å²) >= 11 is 0. The SMILES string of the molecule is CCCOc1cc(NC(=O)CCCNC(=O)c2ccc(OC)cc2)c([N+](=O)[O-])cc1OCCC. The van der Waals surface area contributed by atoms with Crippen molar-refractivity contribution in [3.05, 3.63) is 52.1 Å². The second kappa shape index (κ2) is 13.7. The largest absolute Gasteiger partial charge is 0.497 e. The quantitative estimate of drug-likeness (QED) is 0.237. The van der Waals surface area contributed by atoms with Crippen LogP contribution < -0.4 is 24.8 Å². The molecule has 0 unspecified atom stereocenters. The van der Waals surface area contributed by atoms with Crippen molar-refractivity contribution in [2.45, 2.75) is 39.5 Å². The minimum Gasteiger partial charge on any atom is -0.497 e. The molecular weight excluding hydrogens is 442 g/mol. The van der Waals surface area contributed by atoms with Crippen LogP contribution in [0.2, 0.25) is 0 Å². The minimum absolute atomic E-state index is 0.0345. The molecule has 0 aliphatic carbocycles. The van der Waals surface area contributed by atoms with Gasteiger partial charge in [-0.2, -0.15) is 0 Å². The Kier molecular flexibility index (Phi) is 10.6. The van der Waals surface area contributed by atoms with Crippen LogP contribution in [0.15, 0.2) is 36.4 Å². The number of rotatable bonds is 14. The number of anilines is 1. The number of hydrogen-bond donors (Lipinski definition) is 2. The van der Waals surface area contributed by atoms with Gasteiger partial charge in [0.05, 0.1) is 31.3 Å². The van der Waals surface area contributed by atoms with E-state index in [1.807, 2.05) is 13.8 Å². The predicted molar refractivity (Wildman–Crippen MR) is 128 cm³/mol. The molecule has 10 heteroatoms. The standard InChI is InChI=1S/C24H31N3O7/c1-4-13-33-21-15-19(20(27(30)31)16-22(21)34-14-5-2)26-23(28)7-6-12-25-24(29)17-8-10-18(32-3)11-9-17/h8-11,15-16H,4-7,12-14H2,1-3H3,(H,25,29)(H,26,28). The van der Waals surface area contributed by atoms with Crippen molar-refractivity contribution in [2.24, 2.45) is 0 Å². The maximum atomic E-state index is 12.4. The average molecular weight is 474 g/mol. The van der Waals surface area contributed by atoms with Crippen LogP contribution in [-0.4, -0.2) is 43.6 Å². The molecule has 0 saturated carbocycles. The van der Waals surface area contributed by atoms with Gasteiger partial charge in [-0.05, 0) is 43.5 Å². The van der Waals surface area contributed by atoms with Crippen LogP contribution in [0.4, 0.5) is 11.4 Å². The summed E-state index contributed by atoms with van der Waals surface area (Å²) in [5, 5.41) is 16.9. The number of ether oxygens (including phenoxy) is 3. The van der Waals surface area contributed by atoms with Crippen molar-refractivity contribution in [2.75, 3.05) is 32.2 Å². The van der Waals surface area contributed by atoms with Gasteiger partial charge in [0.1, 0.15) is 11.4 Å². The van der Waals surface area contributed by atoms with Gasteiger partial charge in [0.25, 0.3) is 11.6 Å². The topological polar surface area (TPSA) is 129 Å². The summed E-state index contributed by atoms with van der Waals surface area (Å²) in [6, 6.07) is 9.35. The second-order valence-corrected chi connectivity index (χ2v) is 7.41. The van der Waals surface area contributed by atoms with Crippen LogP contribution in [0.25, 0.3) is 0 Å².